The number of methoxy groups -OCH3 is 1. The van der Waals surface area contributed by atoms with Crippen LogP contribution in [-0.2, 0) is 27.0 Å². The predicted molar refractivity (Wildman–Crippen MR) is 87.6 cm³/mol. The molecule has 0 aliphatic carbocycles. The van der Waals surface area contributed by atoms with Crippen molar-refractivity contribution in [2.75, 3.05) is 7.11 Å². The number of halogens is 3. The smallest absolute Gasteiger partial charge is 0.431 e. The minimum absolute atomic E-state index is 0.0976. The van der Waals surface area contributed by atoms with Crippen LogP contribution in [0.3, 0.4) is 0 Å². The van der Waals surface area contributed by atoms with Crippen LogP contribution >= 0.6 is 0 Å². The SMILES string of the molecule is CC[C@H](C)[C@H](NC(=O)Cn1c(C(F)(F)F)ccc(C(N)=O)c1=O)C(=O)OC. The monoisotopic (exact) mass is 391 g/mol. The fourth-order valence-electron chi connectivity index (χ4n) is 2.33. The van der Waals surface area contributed by atoms with E-state index in [1.165, 1.54) is 0 Å². The Labute approximate surface area is 152 Å². The lowest BCUT2D eigenvalue weighted by atomic mass is 9.99. The van der Waals surface area contributed by atoms with Crippen molar-refractivity contribution < 1.29 is 32.3 Å². The number of pyridine rings is 1. The summed E-state index contributed by atoms with van der Waals surface area (Å²) in [6.45, 7) is 2.33. The molecule has 1 aromatic rings. The van der Waals surface area contributed by atoms with Crippen molar-refractivity contribution in [3.63, 3.8) is 0 Å². The number of nitrogens with two attached hydrogens (primary N) is 1. The van der Waals surface area contributed by atoms with E-state index >= 15 is 0 Å². The van der Waals surface area contributed by atoms with Gasteiger partial charge in [-0.15, -0.1) is 0 Å². The highest BCUT2D eigenvalue weighted by molar-refractivity contribution is 5.92. The standard InChI is InChI=1S/C16H20F3N3O5/c1-4-8(2)12(15(26)27-3)21-11(23)7-22-10(16(17,18)19)6-5-9(13(20)24)14(22)25/h5-6,8,12H,4,7H2,1-3H3,(H2,20,24)(H,21,23)/t8-,12-/m0/s1. The number of esters is 1. The van der Waals surface area contributed by atoms with Crippen LogP contribution in [0.2, 0.25) is 0 Å². The van der Waals surface area contributed by atoms with Crippen LogP contribution in [0.25, 0.3) is 0 Å². The van der Waals surface area contributed by atoms with Gasteiger partial charge >= 0.3 is 12.1 Å². The first-order valence-corrected chi connectivity index (χ1v) is 7.92. The van der Waals surface area contributed by atoms with E-state index in [4.69, 9.17) is 5.73 Å². The van der Waals surface area contributed by atoms with Gasteiger partial charge in [-0.25, -0.2) is 4.79 Å². The molecule has 0 unspecified atom stereocenters. The number of ether oxygens (including phenoxy) is 1. The van der Waals surface area contributed by atoms with Crippen molar-refractivity contribution >= 4 is 17.8 Å². The van der Waals surface area contributed by atoms with E-state index in [2.05, 4.69) is 10.1 Å². The van der Waals surface area contributed by atoms with E-state index in [0.29, 0.717) is 18.6 Å². The molecule has 1 aromatic heterocycles. The number of rotatable bonds is 7. The summed E-state index contributed by atoms with van der Waals surface area (Å²) < 4.78 is 44.1. The molecule has 0 aliphatic rings. The maximum atomic E-state index is 13.2. The third-order valence-corrected chi connectivity index (χ3v) is 4.02. The first-order chi connectivity index (χ1) is 12.4. The molecule has 1 heterocycles. The number of nitrogens with zero attached hydrogens (tertiary/aromatic N) is 1. The Balaban J connectivity index is 3.27. The molecule has 8 nitrogen and oxygen atoms in total. The zero-order valence-corrected chi connectivity index (χ0v) is 14.9. The molecule has 0 bridgehead atoms. The van der Waals surface area contributed by atoms with E-state index in [1.54, 1.807) is 13.8 Å². The van der Waals surface area contributed by atoms with Crippen molar-refractivity contribution in [1.82, 2.24) is 9.88 Å². The summed E-state index contributed by atoms with van der Waals surface area (Å²) in [6.07, 6.45) is -4.47. The Hall–Kier alpha value is -2.85. The number of hydrogen-bond donors (Lipinski definition) is 2. The van der Waals surface area contributed by atoms with Gasteiger partial charge in [0.25, 0.3) is 11.5 Å². The van der Waals surface area contributed by atoms with Crippen LogP contribution in [0.15, 0.2) is 16.9 Å². The Kier molecular flexibility index (Phi) is 7.14. The van der Waals surface area contributed by atoms with Gasteiger partial charge in [-0.2, -0.15) is 13.2 Å². The van der Waals surface area contributed by atoms with Gasteiger partial charge in [0.2, 0.25) is 5.91 Å². The lowest BCUT2D eigenvalue weighted by molar-refractivity contribution is -0.148. The third kappa shape index (κ3) is 5.31. The minimum atomic E-state index is -4.95. The van der Waals surface area contributed by atoms with Crippen LogP contribution in [0, 0.1) is 5.92 Å². The van der Waals surface area contributed by atoms with Crippen molar-refractivity contribution in [2.24, 2.45) is 11.7 Å². The average molecular weight is 391 g/mol. The third-order valence-electron chi connectivity index (χ3n) is 4.02. The summed E-state index contributed by atoms with van der Waals surface area (Å²) in [5.41, 5.74) is 1.50. The normalized spacial score (nSPS) is 13.6. The molecule has 1 rings (SSSR count). The number of carbonyl (C=O) groups excluding carboxylic acids is 3. The van der Waals surface area contributed by atoms with Gasteiger partial charge in [0.15, 0.2) is 0 Å². The molecule has 11 heteroatoms. The molecular weight excluding hydrogens is 371 g/mol. The summed E-state index contributed by atoms with van der Waals surface area (Å²) >= 11 is 0. The molecule has 27 heavy (non-hydrogen) atoms. The van der Waals surface area contributed by atoms with Crippen LogP contribution in [-0.4, -0.2) is 35.5 Å². The molecule has 0 aliphatic heterocycles. The number of nitrogens with one attached hydrogen (secondary N) is 1. The minimum Gasteiger partial charge on any atom is -0.467 e. The fraction of sp³-hybridized carbons (Fsp3) is 0.500. The molecular formula is C16H20F3N3O5. The summed E-state index contributed by atoms with van der Waals surface area (Å²) in [7, 11) is 1.10. The van der Waals surface area contributed by atoms with Crippen molar-refractivity contribution in [3.05, 3.63) is 33.7 Å². The highest BCUT2D eigenvalue weighted by Gasteiger charge is 2.36. The second-order valence-corrected chi connectivity index (χ2v) is 5.84. The molecule has 0 spiro atoms. The van der Waals surface area contributed by atoms with Crippen molar-refractivity contribution in [1.29, 1.82) is 0 Å². The second kappa shape index (κ2) is 8.69. The molecule has 0 radical (unpaired) electrons. The molecule has 2 amide bonds. The number of carbonyl (C=O) groups is 3. The van der Waals surface area contributed by atoms with E-state index < -0.39 is 53.4 Å². The summed E-state index contributed by atoms with van der Waals surface area (Å²) in [6, 6.07) is 0.0383. The van der Waals surface area contributed by atoms with Crippen LogP contribution < -0.4 is 16.6 Å². The highest BCUT2D eigenvalue weighted by atomic mass is 19.4. The molecule has 3 N–H and O–H groups in total. The topological polar surface area (TPSA) is 120 Å². The molecule has 0 saturated heterocycles. The van der Waals surface area contributed by atoms with Crippen LogP contribution in [0.5, 0.6) is 0 Å². The quantitative estimate of drug-likeness (QED) is 0.662. The van der Waals surface area contributed by atoms with E-state index in [9.17, 15) is 32.3 Å². The largest absolute Gasteiger partial charge is 0.467 e. The lowest BCUT2D eigenvalue weighted by Gasteiger charge is -2.22. The second-order valence-electron chi connectivity index (χ2n) is 5.84. The van der Waals surface area contributed by atoms with Gasteiger partial charge in [-0.3, -0.25) is 19.0 Å². The van der Waals surface area contributed by atoms with Crippen LogP contribution in [0.1, 0.15) is 36.3 Å². The maximum absolute atomic E-state index is 13.2. The molecule has 0 fully saturated rings. The zero-order valence-electron chi connectivity index (χ0n) is 14.9. The Bertz CT molecular complexity index is 788. The lowest BCUT2D eigenvalue weighted by Crippen LogP contribution is -2.48. The average Bonchev–Trinajstić information content (AvgIpc) is 2.58. The number of alkyl halides is 3. The van der Waals surface area contributed by atoms with E-state index in [1.807, 2.05) is 0 Å². The highest BCUT2D eigenvalue weighted by Crippen LogP contribution is 2.28. The van der Waals surface area contributed by atoms with Gasteiger partial charge in [0.1, 0.15) is 23.8 Å². The predicted octanol–water partition coefficient (Wildman–Crippen LogP) is 0.670. The Morgan fingerprint density at radius 2 is 1.89 bits per heavy atom. The van der Waals surface area contributed by atoms with Gasteiger partial charge in [0.05, 0.1) is 7.11 Å². The van der Waals surface area contributed by atoms with Gasteiger partial charge in [-0.1, -0.05) is 20.3 Å². The first kappa shape index (κ1) is 22.2. The van der Waals surface area contributed by atoms with Crippen molar-refractivity contribution in [3.8, 4) is 0 Å². The first-order valence-electron chi connectivity index (χ1n) is 7.92. The van der Waals surface area contributed by atoms with Gasteiger partial charge < -0.3 is 15.8 Å². The maximum Gasteiger partial charge on any atom is 0.431 e. The van der Waals surface area contributed by atoms with E-state index in [-0.39, 0.29) is 10.5 Å². The zero-order chi connectivity index (χ0) is 20.9. The molecule has 150 valence electrons. The summed E-state index contributed by atoms with van der Waals surface area (Å²) in [5.74, 6) is -3.39. The van der Waals surface area contributed by atoms with Crippen molar-refractivity contribution in [2.45, 2.75) is 39.0 Å². The molecule has 2 atom stereocenters. The summed E-state index contributed by atoms with van der Waals surface area (Å²) in [4.78, 5) is 47.4. The fourth-order valence-corrected chi connectivity index (χ4v) is 2.33. The van der Waals surface area contributed by atoms with Gasteiger partial charge in [-0.05, 0) is 18.1 Å². The van der Waals surface area contributed by atoms with Gasteiger partial charge in [0, 0.05) is 0 Å². The summed E-state index contributed by atoms with van der Waals surface area (Å²) in [5, 5.41) is 2.26. The molecule has 0 saturated carbocycles. The number of primary amides is 1. The number of amides is 2. The number of aromatic nitrogens is 1. The number of hydrogen-bond acceptors (Lipinski definition) is 5. The van der Waals surface area contributed by atoms with Crippen LogP contribution in [0.4, 0.5) is 13.2 Å². The Morgan fingerprint density at radius 3 is 2.33 bits per heavy atom. The van der Waals surface area contributed by atoms with E-state index in [0.717, 1.165) is 7.11 Å². The molecule has 0 aromatic carbocycles. The Morgan fingerprint density at radius 1 is 1.30 bits per heavy atom.